The van der Waals surface area contributed by atoms with E-state index in [2.05, 4.69) is 4.72 Å². The highest BCUT2D eigenvalue weighted by molar-refractivity contribution is 7.87. The van der Waals surface area contributed by atoms with Gasteiger partial charge < -0.3 is 15.6 Å². The minimum absolute atomic E-state index is 0.110. The van der Waals surface area contributed by atoms with Crippen LogP contribution in [-0.2, 0) is 21.5 Å². The second-order valence-electron chi connectivity index (χ2n) is 4.38. The SMILES string of the molecule is COc1cccc(CN(C)S(=O)(=O)NCC(O)C(N)=O)c1. The first-order valence-electron chi connectivity index (χ1n) is 6.07. The Morgan fingerprint density at radius 3 is 2.76 bits per heavy atom. The van der Waals surface area contributed by atoms with Crippen LogP contribution in [0.3, 0.4) is 0 Å². The van der Waals surface area contributed by atoms with E-state index in [0.29, 0.717) is 5.75 Å². The molecule has 1 atom stereocenters. The zero-order chi connectivity index (χ0) is 16.0. The Bertz CT molecular complexity index is 590. The molecule has 0 bridgehead atoms. The van der Waals surface area contributed by atoms with Crippen LogP contribution in [0.5, 0.6) is 5.75 Å². The van der Waals surface area contributed by atoms with Crippen LogP contribution in [0.25, 0.3) is 0 Å². The van der Waals surface area contributed by atoms with E-state index in [9.17, 15) is 18.3 Å². The number of hydrogen-bond donors (Lipinski definition) is 3. The van der Waals surface area contributed by atoms with Gasteiger partial charge in [-0.05, 0) is 17.7 Å². The molecule has 9 heteroatoms. The Morgan fingerprint density at radius 1 is 1.52 bits per heavy atom. The number of nitrogens with one attached hydrogen (secondary N) is 1. The molecule has 0 aliphatic carbocycles. The number of rotatable bonds is 8. The lowest BCUT2D eigenvalue weighted by atomic mass is 10.2. The summed E-state index contributed by atoms with van der Waals surface area (Å²) < 4.78 is 32.1. The molecule has 0 saturated carbocycles. The average Bonchev–Trinajstić information content (AvgIpc) is 2.44. The first-order valence-corrected chi connectivity index (χ1v) is 7.51. The van der Waals surface area contributed by atoms with E-state index in [1.165, 1.54) is 14.2 Å². The highest BCUT2D eigenvalue weighted by Gasteiger charge is 2.20. The van der Waals surface area contributed by atoms with Crippen molar-refractivity contribution in [3.05, 3.63) is 29.8 Å². The molecule has 21 heavy (non-hydrogen) atoms. The van der Waals surface area contributed by atoms with Crippen molar-refractivity contribution >= 4 is 16.1 Å². The van der Waals surface area contributed by atoms with Crippen molar-refractivity contribution in [2.45, 2.75) is 12.6 Å². The second-order valence-corrected chi connectivity index (χ2v) is 6.24. The van der Waals surface area contributed by atoms with Gasteiger partial charge in [0, 0.05) is 20.1 Å². The van der Waals surface area contributed by atoms with Gasteiger partial charge in [0.1, 0.15) is 11.9 Å². The largest absolute Gasteiger partial charge is 0.497 e. The molecule has 0 saturated heterocycles. The van der Waals surface area contributed by atoms with Crippen LogP contribution in [0.4, 0.5) is 0 Å². The lowest BCUT2D eigenvalue weighted by molar-refractivity contribution is -0.125. The zero-order valence-electron chi connectivity index (χ0n) is 11.8. The summed E-state index contributed by atoms with van der Waals surface area (Å²) in [5.74, 6) is -0.372. The van der Waals surface area contributed by atoms with Crippen LogP contribution >= 0.6 is 0 Å². The van der Waals surface area contributed by atoms with E-state index >= 15 is 0 Å². The van der Waals surface area contributed by atoms with Crippen LogP contribution in [0.15, 0.2) is 24.3 Å². The Kier molecular flexibility index (Phi) is 6.09. The Labute approximate surface area is 123 Å². The first kappa shape index (κ1) is 17.4. The molecule has 1 rings (SSSR count). The third kappa shape index (κ3) is 5.31. The van der Waals surface area contributed by atoms with E-state index in [1.807, 2.05) is 0 Å². The summed E-state index contributed by atoms with van der Waals surface area (Å²) in [5.41, 5.74) is 5.58. The van der Waals surface area contributed by atoms with E-state index in [1.54, 1.807) is 24.3 Å². The maximum absolute atomic E-state index is 11.9. The van der Waals surface area contributed by atoms with Gasteiger partial charge in [0.25, 0.3) is 10.2 Å². The Balaban J connectivity index is 2.68. The second kappa shape index (κ2) is 7.36. The van der Waals surface area contributed by atoms with Crippen molar-refractivity contribution in [3.8, 4) is 5.75 Å². The molecule has 0 spiro atoms. The molecule has 0 radical (unpaired) electrons. The molecule has 0 fully saturated rings. The van der Waals surface area contributed by atoms with Crippen LogP contribution < -0.4 is 15.2 Å². The number of carbonyl (C=O) groups excluding carboxylic acids is 1. The molecule has 0 aromatic heterocycles. The predicted octanol–water partition coefficient (Wildman–Crippen LogP) is -1.19. The van der Waals surface area contributed by atoms with Crippen LogP contribution in [0, 0.1) is 0 Å². The van der Waals surface area contributed by atoms with Crippen molar-refractivity contribution < 1.29 is 23.1 Å². The molecule has 0 aliphatic heterocycles. The highest BCUT2D eigenvalue weighted by atomic mass is 32.2. The van der Waals surface area contributed by atoms with Crippen LogP contribution in [-0.4, -0.2) is 50.5 Å². The number of primary amides is 1. The summed E-state index contributed by atoms with van der Waals surface area (Å²) in [7, 11) is -0.938. The van der Waals surface area contributed by atoms with E-state index in [-0.39, 0.29) is 6.54 Å². The van der Waals surface area contributed by atoms with Gasteiger partial charge in [0.15, 0.2) is 0 Å². The number of methoxy groups -OCH3 is 1. The fourth-order valence-corrected chi connectivity index (χ4v) is 2.42. The number of aliphatic hydroxyl groups is 1. The number of amides is 1. The molecule has 8 nitrogen and oxygen atoms in total. The van der Waals surface area contributed by atoms with E-state index < -0.39 is 28.8 Å². The Morgan fingerprint density at radius 2 is 2.19 bits per heavy atom. The van der Waals surface area contributed by atoms with Gasteiger partial charge in [-0.1, -0.05) is 12.1 Å². The van der Waals surface area contributed by atoms with Crippen molar-refractivity contribution in [2.75, 3.05) is 20.7 Å². The third-order valence-electron chi connectivity index (χ3n) is 2.74. The molecule has 0 heterocycles. The van der Waals surface area contributed by atoms with Crippen molar-refractivity contribution in [3.63, 3.8) is 0 Å². The molecule has 118 valence electrons. The molecule has 1 amide bonds. The van der Waals surface area contributed by atoms with Gasteiger partial charge in [0.05, 0.1) is 7.11 Å². The maximum Gasteiger partial charge on any atom is 0.279 e. The van der Waals surface area contributed by atoms with E-state index in [0.717, 1.165) is 9.87 Å². The molecular weight excluding hydrogens is 298 g/mol. The summed E-state index contributed by atoms with van der Waals surface area (Å²) in [6, 6.07) is 6.97. The summed E-state index contributed by atoms with van der Waals surface area (Å²) in [6.45, 7) is -0.362. The quantitative estimate of drug-likeness (QED) is 0.556. The number of aliphatic hydroxyl groups excluding tert-OH is 1. The van der Waals surface area contributed by atoms with Gasteiger partial charge >= 0.3 is 0 Å². The van der Waals surface area contributed by atoms with Crippen LogP contribution in [0.1, 0.15) is 5.56 Å². The summed E-state index contributed by atoms with van der Waals surface area (Å²) in [4.78, 5) is 10.7. The first-order chi connectivity index (χ1) is 9.76. The highest BCUT2D eigenvalue weighted by Crippen LogP contribution is 2.14. The average molecular weight is 317 g/mol. The lowest BCUT2D eigenvalue weighted by Gasteiger charge is -2.18. The molecule has 1 aromatic rings. The van der Waals surface area contributed by atoms with Crippen molar-refractivity contribution in [1.82, 2.24) is 9.03 Å². The number of benzene rings is 1. The molecule has 1 aromatic carbocycles. The number of ether oxygens (including phenoxy) is 1. The monoisotopic (exact) mass is 317 g/mol. The smallest absolute Gasteiger partial charge is 0.279 e. The summed E-state index contributed by atoms with van der Waals surface area (Å²) >= 11 is 0. The lowest BCUT2D eigenvalue weighted by Crippen LogP contribution is -2.44. The fraction of sp³-hybridized carbons (Fsp3) is 0.417. The third-order valence-corrected chi connectivity index (χ3v) is 4.22. The van der Waals surface area contributed by atoms with Crippen molar-refractivity contribution in [1.29, 1.82) is 0 Å². The zero-order valence-corrected chi connectivity index (χ0v) is 12.6. The van der Waals surface area contributed by atoms with E-state index in [4.69, 9.17) is 10.5 Å². The summed E-state index contributed by atoms with van der Waals surface area (Å²) in [5, 5.41) is 9.19. The number of hydrogen-bond acceptors (Lipinski definition) is 5. The number of nitrogens with zero attached hydrogens (tertiary/aromatic N) is 1. The topological polar surface area (TPSA) is 122 Å². The van der Waals surface area contributed by atoms with Gasteiger partial charge in [-0.25, -0.2) is 0 Å². The molecule has 0 aliphatic rings. The molecular formula is C12H19N3O5S. The summed E-state index contributed by atoms with van der Waals surface area (Å²) in [6.07, 6.45) is -1.56. The van der Waals surface area contributed by atoms with Crippen molar-refractivity contribution in [2.24, 2.45) is 5.73 Å². The number of nitrogens with two attached hydrogens (primary N) is 1. The van der Waals surface area contributed by atoms with Gasteiger partial charge in [-0.15, -0.1) is 0 Å². The minimum Gasteiger partial charge on any atom is -0.497 e. The molecule has 4 N–H and O–H groups in total. The van der Waals surface area contributed by atoms with Gasteiger partial charge in [-0.3, -0.25) is 4.79 Å². The Hall–Kier alpha value is -1.68. The minimum atomic E-state index is -3.83. The fourth-order valence-electron chi connectivity index (χ4n) is 1.51. The molecule has 1 unspecified atom stereocenters. The number of carbonyl (C=O) groups is 1. The van der Waals surface area contributed by atoms with Crippen LogP contribution in [0.2, 0.25) is 0 Å². The normalized spacial score (nSPS) is 13.1. The maximum atomic E-state index is 11.9. The van der Waals surface area contributed by atoms with Gasteiger partial charge in [0.2, 0.25) is 5.91 Å². The predicted molar refractivity (Wildman–Crippen MR) is 76.6 cm³/mol. The van der Waals surface area contributed by atoms with Gasteiger partial charge in [-0.2, -0.15) is 17.4 Å². The standard InChI is InChI=1S/C12H19N3O5S/c1-15(8-9-4-3-5-10(6-9)20-2)21(18,19)14-7-11(16)12(13)17/h3-6,11,14,16H,7-8H2,1-2H3,(H2,13,17).